The Bertz CT molecular complexity index is 1750. The zero-order valence-corrected chi connectivity index (χ0v) is 33.8. The molecule has 13 heteroatoms. The number of carbonyl (C=O) groups is 4. The molecule has 0 saturated carbocycles. The molecule has 3 saturated heterocycles. The summed E-state index contributed by atoms with van der Waals surface area (Å²) >= 11 is 0. The molecule has 3 fully saturated rings. The number of fused-ring (bicyclic) bond motifs is 2. The van der Waals surface area contributed by atoms with E-state index in [1.165, 1.54) is 6.92 Å². The van der Waals surface area contributed by atoms with Crippen LogP contribution < -0.4 is 5.32 Å². The van der Waals surface area contributed by atoms with E-state index in [0.717, 1.165) is 16.5 Å². The number of ether oxygens (including phenoxy) is 5. The third-order valence-corrected chi connectivity index (χ3v) is 11.9. The van der Waals surface area contributed by atoms with E-state index in [9.17, 15) is 24.3 Å². The highest BCUT2D eigenvalue weighted by Gasteiger charge is 2.57. The van der Waals surface area contributed by atoms with E-state index in [-0.39, 0.29) is 37.4 Å². The largest absolute Gasteiger partial charge is 0.458 e. The molecule has 13 atom stereocenters. The predicted molar refractivity (Wildman–Crippen MR) is 206 cm³/mol. The molecule has 302 valence electrons. The zero-order chi connectivity index (χ0) is 40.4. The van der Waals surface area contributed by atoms with E-state index < -0.39 is 83.4 Å². The van der Waals surface area contributed by atoms with Crippen molar-refractivity contribution in [2.24, 2.45) is 23.7 Å². The summed E-state index contributed by atoms with van der Waals surface area (Å²) in [5.41, 5.74) is -1.00. The number of ketones is 2. The lowest BCUT2D eigenvalue weighted by Gasteiger charge is -2.47. The van der Waals surface area contributed by atoms with Crippen LogP contribution in [0, 0.1) is 23.7 Å². The number of Topliss-reactive ketones (excluding diaryl/α,β-unsaturated/α-hetero) is 2. The average molecular weight is 766 g/mol. The Hall–Kier alpha value is -3.75. The number of aromatic nitrogens is 1. The molecule has 3 aliphatic rings. The number of likely N-dealkylation sites (N-methyl/N-ethyl adjacent to an activating group) is 1. The van der Waals surface area contributed by atoms with Crippen LogP contribution in [-0.2, 0) is 38.1 Å². The van der Waals surface area contributed by atoms with Gasteiger partial charge in [0.1, 0.15) is 23.9 Å². The first-order chi connectivity index (χ1) is 25.9. The van der Waals surface area contributed by atoms with Gasteiger partial charge < -0.3 is 39.0 Å². The first kappa shape index (κ1) is 42.4. The zero-order valence-electron chi connectivity index (χ0n) is 33.8. The van der Waals surface area contributed by atoms with Gasteiger partial charge in [0.15, 0.2) is 17.7 Å². The lowest BCUT2D eigenvalue weighted by Crippen LogP contribution is -2.60. The maximum atomic E-state index is 14.4. The lowest BCUT2D eigenvalue weighted by atomic mass is 9.73. The second-order valence-electron chi connectivity index (χ2n) is 16.4. The minimum absolute atomic E-state index is 0.0612. The second kappa shape index (κ2) is 17.2. The molecule has 13 nitrogen and oxygen atoms in total. The Morgan fingerprint density at radius 2 is 1.75 bits per heavy atom. The molecule has 1 amide bonds. The van der Waals surface area contributed by atoms with Crippen molar-refractivity contribution in [3.63, 3.8) is 0 Å². The van der Waals surface area contributed by atoms with Gasteiger partial charge in [0.05, 0.1) is 36.0 Å². The number of aliphatic hydroxyl groups is 1. The van der Waals surface area contributed by atoms with Gasteiger partial charge in [0, 0.05) is 35.4 Å². The first-order valence-electron chi connectivity index (χ1n) is 19.5. The van der Waals surface area contributed by atoms with Gasteiger partial charge >= 0.3 is 12.1 Å². The molecule has 2 N–H and O–H groups in total. The number of para-hydroxylation sites is 1. The van der Waals surface area contributed by atoms with Crippen LogP contribution in [-0.4, -0.2) is 113 Å². The van der Waals surface area contributed by atoms with Gasteiger partial charge in [-0.25, -0.2) is 4.79 Å². The second-order valence-corrected chi connectivity index (χ2v) is 16.4. The highest BCUT2D eigenvalue weighted by atomic mass is 16.7. The Morgan fingerprint density at radius 1 is 1.04 bits per heavy atom. The Labute approximate surface area is 324 Å². The molecule has 4 heterocycles. The quantitative estimate of drug-likeness (QED) is 0.270. The summed E-state index contributed by atoms with van der Waals surface area (Å²) in [5, 5.41) is 15.4. The van der Waals surface area contributed by atoms with Crippen molar-refractivity contribution in [3.8, 4) is 0 Å². The summed E-state index contributed by atoms with van der Waals surface area (Å²) < 4.78 is 31.4. The maximum Gasteiger partial charge on any atom is 0.408 e. The van der Waals surface area contributed by atoms with Crippen LogP contribution in [0.5, 0.6) is 0 Å². The number of carbonyl (C=O) groups excluding carboxylic acids is 4. The van der Waals surface area contributed by atoms with Crippen molar-refractivity contribution in [1.29, 1.82) is 0 Å². The van der Waals surface area contributed by atoms with Gasteiger partial charge in [-0.2, -0.15) is 0 Å². The van der Waals surface area contributed by atoms with Crippen molar-refractivity contribution in [2.45, 2.75) is 129 Å². The predicted octanol–water partition coefficient (Wildman–Crippen LogP) is 5.11. The number of amides is 1. The van der Waals surface area contributed by atoms with Crippen molar-refractivity contribution in [3.05, 3.63) is 48.2 Å². The van der Waals surface area contributed by atoms with E-state index >= 15 is 0 Å². The van der Waals surface area contributed by atoms with E-state index in [2.05, 4.69) is 10.3 Å². The lowest BCUT2D eigenvalue weighted by molar-refractivity contribution is -0.296. The van der Waals surface area contributed by atoms with Crippen molar-refractivity contribution in [2.75, 3.05) is 20.7 Å². The summed E-state index contributed by atoms with van der Waals surface area (Å²) in [6.45, 7) is 13.8. The van der Waals surface area contributed by atoms with E-state index in [0.29, 0.717) is 6.42 Å². The molecule has 55 heavy (non-hydrogen) atoms. The van der Waals surface area contributed by atoms with Gasteiger partial charge in [0.2, 0.25) is 0 Å². The highest BCUT2D eigenvalue weighted by Crippen LogP contribution is 2.40. The van der Waals surface area contributed by atoms with E-state index in [1.807, 2.05) is 68.4 Å². The minimum Gasteiger partial charge on any atom is -0.458 e. The normalized spacial score (nSPS) is 38.1. The monoisotopic (exact) mass is 765 g/mol. The number of pyridine rings is 1. The van der Waals surface area contributed by atoms with Crippen LogP contribution in [0.25, 0.3) is 17.0 Å². The first-order valence-corrected chi connectivity index (χ1v) is 19.5. The summed E-state index contributed by atoms with van der Waals surface area (Å²) in [6.07, 6.45) is 1.12. The molecule has 0 aliphatic carbocycles. The van der Waals surface area contributed by atoms with E-state index in [4.69, 9.17) is 23.7 Å². The molecule has 1 aromatic heterocycles. The standard InChI is InChI=1S/C42H59N3O10/c1-11-32-42(8)36(44-40(50)55-42)25(4)33(46)23(2)21-41(7,51-18-14-15-28-20-29-16-12-13-17-30(29)43-22-28)37(26(5)34(47)27(6)38(49)53-32)54-39-35(48)31(45(9)10)19-24(3)52-39/h12-17,20,22-27,31-32,35-37,39,48H,11,18-19,21H2,1-10H3,(H,44,50)/t23-,24-,25+,26+,27-,31+,32-,35-,36-,37-,39+,41-,42-/m1/s1. The topological polar surface area (TPSA) is 163 Å². The number of aliphatic hydroxyl groups excluding tert-OH is 1. The number of nitrogens with zero attached hydrogens (tertiary/aromatic N) is 2. The van der Waals surface area contributed by atoms with Crippen molar-refractivity contribution < 1.29 is 48.0 Å². The fraction of sp³-hybridized carbons (Fsp3) is 0.643. The molecule has 5 rings (SSSR count). The third kappa shape index (κ3) is 8.96. The van der Waals surface area contributed by atoms with Crippen molar-refractivity contribution in [1.82, 2.24) is 15.2 Å². The summed E-state index contributed by atoms with van der Waals surface area (Å²) in [4.78, 5) is 61.8. The fourth-order valence-electron chi connectivity index (χ4n) is 8.73. The molecule has 0 spiro atoms. The third-order valence-electron chi connectivity index (χ3n) is 11.9. The van der Waals surface area contributed by atoms with Gasteiger partial charge in [-0.05, 0) is 78.7 Å². The Morgan fingerprint density at radius 3 is 2.44 bits per heavy atom. The number of cyclic esters (lactones) is 1. The number of nitrogens with one attached hydrogen (secondary N) is 1. The number of alkyl carbamates (subject to hydrolysis) is 1. The molecular formula is C42H59N3O10. The molecule has 2 aromatic rings. The molecular weight excluding hydrogens is 706 g/mol. The van der Waals surface area contributed by atoms with Crippen LogP contribution >= 0.6 is 0 Å². The van der Waals surface area contributed by atoms with Crippen LogP contribution in [0.4, 0.5) is 4.79 Å². The van der Waals surface area contributed by atoms with Gasteiger partial charge in [-0.1, -0.05) is 58.0 Å². The average Bonchev–Trinajstić information content (AvgIpc) is 3.47. The number of esters is 1. The van der Waals surface area contributed by atoms with Crippen LogP contribution in [0.15, 0.2) is 42.6 Å². The van der Waals surface area contributed by atoms with Crippen LogP contribution in [0.1, 0.15) is 80.2 Å². The van der Waals surface area contributed by atoms with Crippen molar-refractivity contribution >= 4 is 40.6 Å². The minimum atomic E-state index is -1.38. The molecule has 3 aliphatic heterocycles. The fourth-order valence-corrected chi connectivity index (χ4v) is 8.73. The summed E-state index contributed by atoms with van der Waals surface area (Å²) in [7, 11) is 3.74. The highest BCUT2D eigenvalue weighted by molar-refractivity contribution is 6.00. The van der Waals surface area contributed by atoms with Gasteiger partial charge in [-0.15, -0.1) is 0 Å². The smallest absolute Gasteiger partial charge is 0.408 e. The summed E-state index contributed by atoms with van der Waals surface area (Å²) in [6, 6.07) is 8.70. The van der Waals surface area contributed by atoms with E-state index in [1.54, 1.807) is 47.7 Å². The Kier molecular flexibility index (Phi) is 13.2. The van der Waals surface area contributed by atoms with Gasteiger partial charge in [0.25, 0.3) is 0 Å². The van der Waals surface area contributed by atoms with Crippen LogP contribution in [0.3, 0.4) is 0 Å². The Balaban J connectivity index is 1.56. The number of hydrogen-bond acceptors (Lipinski definition) is 12. The number of hydrogen-bond donors (Lipinski definition) is 2. The summed E-state index contributed by atoms with van der Waals surface area (Å²) in [5.74, 6) is -5.12. The SMILES string of the molecule is CC[C@H]1OC(=O)[C@H](C)C(=O)[C@H](C)[C@@H](O[C@@H]2O[C@H](C)C[C@H](N(C)C)[C@H]2O)[C@](C)(OCC=Cc2cnc3ccccc3c2)C[C@@H](C)C(=O)[C@H](C)[C@H]2NC(=O)O[C@@]21C. The number of rotatable bonds is 8. The maximum absolute atomic E-state index is 14.4. The van der Waals surface area contributed by atoms with Crippen LogP contribution in [0.2, 0.25) is 0 Å². The molecule has 0 unspecified atom stereocenters. The molecule has 1 aromatic carbocycles. The van der Waals surface area contributed by atoms with Gasteiger partial charge in [-0.3, -0.25) is 19.4 Å². The molecule has 0 radical (unpaired) electrons. The molecule has 0 bridgehead atoms. The number of benzene rings is 1.